The van der Waals surface area contributed by atoms with Gasteiger partial charge in [0.2, 0.25) is 5.95 Å². The zero-order valence-corrected chi connectivity index (χ0v) is 10.4. The van der Waals surface area contributed by atoms with Crippen molar-refractivity contribution in [3.05, 3.63) is 57.8 Å². The van der Waals surface area contributed by atoms with Gasteiger partial charge in [0, 0.05) is 25.3 Å². The number of nitrogens with zero attached hydrogens (tertiary/aromatic N) is 1. The maximum atomic E-state index is 13.4. The highest BCUT2D eigenvalue weighted by molar-refractivity contribution is 5.28. The van der Waals surface area contributed by atoms with Gasteiger partial charge in [0.15, 0.2) is 0 Å². The van der Waals surface area contributed by atoms with Crippen molar-refractivity contribution in [1.82, 2.24) is 9.97 Å². The molecular weight excluding hydrogens is 249 g/mol. The number of methoxy groups -OCH3 is 1. The average Bonchev–Trinajstić information content (AvgIpc) is 2.37. The van der Waals surface area contributed by atoms with E-state index >= 15 is 0 Å². The van der Waals surface area contributed by atoms with E-state index in [0.29, 0.717) is 17.2 Å². The molecule has 0 atom stereocenters. The van der Waals surface area contributed by atoms with Gasteiger partial charge in [0.05, 0.1) is 12.3 Å². The van der Waals surface area contributed by atoms with Crippen molar-refractivity contribution in [1.29, 1.82) is 0 Å². The fourth-order valence-electron chi connectivity index (χ4n) is 1.63. The van der Waals surface area contributed by atoms with E-state index in [2.05, 4.69) is 15.3 Å². The van der Waals surface area contributed by atoms with Gasteiger partial charge in [-0.25, -0.2) is 9.37 Å². The number of H-pyrrole nitrogens is 1. The van der Waals surface area contributed by atoms with Gasteiger partial charge in [-0.15, -0.1) is 0 Å². The minimum atomic E-state index is -0.301. The van der Waals surface area contributed by atoms with Gasteiger partial charge in [-0.1, -0.05) is 18.2 Å². The quantitative estimate of drug-likeness (QED) is 0.861. The van der Waals surface area contributed by atoms with E-state index in [9.17, 15) is 9.18 Å². The van der Waals surface area contributed by atoms with Crippen molar-refractivity contribution >= 4 is 5.95 Å². The van der Waals surface area contributed by atoms with E-state index in [1.54, 1.807) is 18.2 Å². The maximum absolute atomic E-state index is 13.4. The summed E-state index contributed by atoms with van der Waals surface area (Å²) in [6.45, 7) is 0.490. The second-order valence-corrected chi connectivity index (χ2v) is 3.96. The molecule has 2 rings (SSSR count). The number of rotatable bonds is 5. The Hall–Kier alpha value is -2.21. The number of benzene rings is 1. The van der Waals surface area contributed by atoms with Gasteiger partial charge in [-0.2, -0.15) is 0 Å². The molecule has 1 heterocycles. The minimum absolute atomic E-state index is 0.242. The van der Waals surface area contributed by atoms with E-state index in [0.717, 1.165) is 0 Å². The van der Waals surface area contributed by atoms with Gasteiger partial charge in [0.25, 0.3) is 5.56 Å². The number of hydrogen-bond acceptors (Lipinski definition) is 4. The van der Waals surface area contributed by atoms with Crippen LogP contribution in [0.2, 0.25) is 0 Å². The summed E-state index contributed by atoms with van der Waals surface area (Å²) in [6, 6.07) is 7.78. The monoisotopic (exact) mass is 263 g/mol. The Labute approximate surface area is 109 Å². The van der Waals surface area contributed by atoms with E-state index < -0.39 is 0 Å². The lowest BCUT2D eigenvalue weighted by Crippen LogP contribution is -2.14. The lowest BCUT2D eigenvalue weighted by molar-refractivity contribution is 0.181. The molecule has 0 aliphatic carbocycles. The van der Waals surface area contributed by atoms with Crippen molar-refractivity contribution in [2.45, 2.75) is 13.2 Å². The van der Waals surface area contributed by atoms with Crippen molar-refractivity contribution in [3.63, 3.8) is 0 Å². The first-order valence-corrected chi connectivity index (χ1v) is 5.75. The molecule has 0 saturated carbocycles. The van der Waals surface area contributed by atoms with E-state index in [1.165, 1.54) is 19.2 Å². The van der Waals surface area contributed by atoms with Gasteiger partial charge in [-0.3, -0.25) is 9.78 Å². The number of ether oxygens (including phenoxy) is 1. The van der Waals surface area contributed by atoms with Crippen LogP contribution in [0.15, 0.2) is 35.1 Å². The molecule has 2 N–H and O–H groups in total. The number of aromatic amines is 1. The molecule has 6 heteroatoms. The largest absolute Gasteiger partial charge is 0.378 e. The molecule has 0 saturated heterocycles. The lowest BCUT2D eigenvalue weighted by atomic mass is 10.2. The third kappa shape index (κ3) is 3.62. The van der Waals surface area contributed by atoms with Gasteiger partial charge in [-0.05, 0) is 6.07 Å². The van der Waals surface area contributed by atoms with Gasteiger partial charge in [0.1, 0.15) is 5.82 Å². The summed E-state index contributed by atoms with van der Waals surface area (Å²) in [5.74, 6) is -0.00630. The predicted octanol–water partition coefficient (Wildman–Crippen LogP) is 1.67. The lowest BCUT2D eigenvalue weighted by Gasteiger charge is -2.07. The van der Waals surface area contributed by atoms with E-state index in [1.807, 2.05) is 0 Å². The molecule has 2 aromatic rings. The van der Waals surface area contributed by atoms with Crippen LogP contribution in [0.3, 0.4) is 0 Å². The molecule has 0 aliphatic rings. The summed E-state index contributed by atoms with van der Waals surface area (Å²) in [7, 11) is 1.52. The highest BCUT2D eigenvalue weighted by Crippen LogP contribution is 2.08. The minimum Gasteiger partial charge on any atom is -0.378 e. The standard InChI is InChI=1S/C13H14FN3O2/c1-19-8-10-6-12(18)17-13(16-10)15-7-9-4-2-3-5-11(9)14/h2-6H,7-8H2,1H3,(H2,15,16,17,18). The molecular formula is C13H14FN3O2. The molecule has 1 aromatic carbocycles. The van der Waals surface area contributed by atoms with Crippen LogP contribution in [0.1, 0.15) is 11.3 Å². The molecule has 19 heavy (non-hydrogen) atoms. The van der Waals surface area contributed by atoms with Crippen LogP contribution in [0, 0.1) is 5.82 Å². The highest BCUT2D eigenvalue weighted by Gasteiger charge is 2.03. The molecule has 0 aliphatic heterocycles. The molecule has 0 unspecified atom stereocenters. The number of anilines is 1. The molecule has 0 amide bonds. The fourth-order valence-corrected chi connectivity index (χ4v) is 1.63. The average molecular weight is 263 g/mol. The topological polar surface area (TPSA) is 67.0 Å². The summed E-state index contributed by atoms with van der Waals surface area (Å²) >= 11 is 0. The first kappa shape index (κ1) is 13.2. The molecule has 0 spiro atoms. The Balaban J connectivity index is 2.11. The highest BCUT2D eigenvalue weighted by atomic mass is 19.1. The summed E-state index contributed by atoms with van der Waals surface area (Å²) < 4.78 is 18.3. The number of halogens is 1. The summed E-state index contributed by atoms with van der Waals surface area (Å²) in [5.41, 5.74) is 0.739. The van der Waals surface area contributed by atoms with Crippen LogP contribution < -0.4 is 10.9 Å². The first-order chi connectivity index (χ1) is 9.19. The number of hydrogen-bond donors (Lipinski definition) is 2. The second kappa shape index (κ2) is 6.10. The summed E-state index contributed by atoms with van der Waals surface area (Å²) in [4.78, 5) is 18.1. The van der Waals surface area contributed by atoms with Crippen LogP contribution in [0.5, 0.6) is 0 Å². The Kier molecular flexibility index (Phi) is 4.25. The van der Waals surface area contributed by atoms with E-state index in [-0.39, 0.29) is 24.5 Å². The molecule has 0 fully saturated rings. The van der Waals surface area contributed by atoms with Gasteiger partial charge >= 0.3 is 0 Å². The van der Waals surface area contributed by atoms with Crippen molar-refractivity contribution < 1.29 is 9.13 Å². The Morgan fingerprint density at radius 1 is 1.42 bits per heavy atom. The normalized spacial score (nSPS) is 10.4. The number of aromatic nitrogens is 2. The molecule has 1 aromatic heterocycles. The van der Waals surface area contributed by atoms with Crippen LogP contribution in [0.4, 0.5) is 10.3 Å². The third-order valence-electron chi connectivity index (χ3n) is 2.49. The number of nitrogens with one attached hydrogen (secondary N) is 2. The summed E-state index contributed by atoms with van der Waals surface area (Å²) in [5, 5.41) is 2.88. The van der Waals surface area contributed by atoms with Crippen molar-refractivity contribution in [2.24, 2.45) is 0 Å². The Bertz CT molecular complexity index is 613. The van der Waals surface area contributed by atoms with Crippen LogP contribution in [0.25, 0.3) is 0 Å². The maximum Gasteiger partial charge on any atom is 0.252 e. The Morgan fingerprint density at radius 3 is 2.95 bits per heavy atom. The SMILES string of the molecule is COCc1cc(=O)[nH]c(NCc2ccccc2F)n1. The van der Waals surface area contributed by atoms with Crippen LogP contribution >= 0.6 is 0 Å². The molecule has 0 bridgehead atoms. The van der Waals surface area contributed by atoms with Gasteiger partial charge < -0.3 is 10.1 Å². The summed E-state index contributed by atoms with van der Waals surface area (Å²) in [6.07, 6.45) is 0. The predicted molar refractivity (Wildman–Crippen MR) is 69.3 cm³/mol. The fraction of sp³-hybridized carbons (Fsp3) is 0.231. The van der Waals surface area contributed by atoms with Crippen LogP contribution in [-0.2, 0) is 17.9 Å². The molecule has 100 valence electrons. The zero-order chi connectivity index (χ0) is 13.7. The molecule has 5 nitrogen and oxygen atoms in total. The zero-order valence-electron chi connectivity index (χ0n) is 10.4. The van der Waals surface area contributed by atoms with Crippen molar-refractivity contribution in [2.75, 3.05) is 12.4 Å². The van der Waals surface area contributed by atoms with Crippen LogP contribution in [-0.4, -0.2) is 17.1 Å². The van der Waals surface area contributed by atoms with E-state index in [4.69, 9.17) is 4.74 Å². The third-order valence-corrected chi connectivity index (χ3v) is 2.49. The molecule has 0 radical (unpaired) electrons. The Morgan fingerprint density at radius 2 is 2.21 bits per heavy atom. The first-order valence-electron chi connectivity index (χ1n) is 5.75. The second-order valence-electron chi connectivity index (χ2n) is 3.96. The van der Waals surface area contributed by atoms with Crippen molar-refractivity contribution in [3.8, 4) is 0 Å². The smallest absolute Gasteiger partial charge is 0.252 e.